The molecule has 1 aliphatic rings. The van der Waals surface area contributed by atoms with Crippen molar-refractivity contribution < 1.29 is 23.8 Å². The third-order valence-corrected chi connectivity index (χ3v) is 3.28. The van der Waals surface area contributed by atoms with Crippen LogP contribution >= 0.6 is 0 Å². The molecule has 0 aromatic heterocycles. The lowest BCUT2D eigenvalue weighted by Gasteiger charge is -2.31. The molecule has 7 heteroatoms. The first kappa shape index (κ1) is 15.1. The second-order valence-corrected chi connectivity index (χ2v) is 4.51. The van der Waals surface area contributed by atoms with Gasteiger partial charge in [0.1, 0.15) is 6.61 Å². The summed E-state index contributed by atoms with van der Waals surface area (Å²) in [6.45, 7) is -0.137. The molecule has 2 amide bonds. The van der Waals surface area contributed by atoms with Gasteiger partial charge in [-0.2, -0.15) is 0 Å². The van der Waals surface area contributed by atoms with Crippen molar-refractivity contribution in [1.82, 2.24) is 10.6 Å². The number of hydrogen-bond acceptors (Lipinski definition) is 5. The fraction of sp³-hybridized carbons (Fsp3) is 0.429. The Labute approximate surface area is 122 Å². The molecule has 1 aliphatic heterocycles. The number of rotatable bonds is 4. The molecule has 21 heavy (non-hydrogen) atoms. The lowest BCUT2D eigenvalue weighted by molar-refractivity contribution is -0.147. The summed E-state index contributed by atoms with van der Waals surface area (Å²) in [6.07, 6.45) is -0.786. The van der Waals surface area contributed by atoms with Crippen molar-refractivity contribution >= 4 is 11.8 Å². The minimum Gasteiger partial charge on any atom is -0.493 e. The summed E-state index contributed by atoms with van der Waals surface area (Å²) < 4.78 is 15.8. The van der Waals surface area contributed by atoms with E-state index >= 15 is 0 Å². The van der Waals surface area contributed by atoms with E-state index in [2.05, 4.69) is 10.6 Å². The van der Waals surface area contributed by atoms with Crippen LogP contribution in [0.3, 0.4) is 0 Å². The maximum absolute atomic E-state index is 11.9. The van der Waals surface area contributed by atoms with Crippen LogP contribution in [0.15, 0.2) is 18.2 Å². The molecule has 1 aromatic carbocycles. The lowest BCUT2D eigenvalue weighted by atomic mass is 9.98. The van der Waals surface area contributed by atoms with Crippen LogP contribution in [0, 0.1) is 0 Å². The molecule has 7 nitrogen and oxygen atoms in total. The van der Waals surface area contributed by atoms with E-state index in [0.29, 0.717) is 17.1 Å². The van der Waals surface area contributed by atoms with Crippen molar-refractivity contribution in [3.8, 4) is 11.5 Å². The SMILES string of the molecule is CNC(=O)[C@H]1OCC(=O)N[C@@H]1c1ccc(OC)c(OC)c1. The third-order valence-electron chi connectivity index (χ3n) is 3.28. The predicted octanol–water partition coefficient (Wildman–Crippen LogP) is 0.00590. The molecule has 0 aliphatic carbocycles. The van der Waals surface area contributed by atoms with Gasteiger partial charge in [-0.3, -0.25) is 9.59 Å². The molecule has 1 fully saturated rings. The first-order chi connectivity index (χ1) is 10.1. The van der Waals surface area contributed by atoms with Gasteiger partial charge in [0.2, 0.25) is 5.91 Å². The van der Waals surface area contributed by atoms with E-state index in [-0.39, 0.29) is 18.4 Å². The van der Waals surface area contributed by atoms with E-state index < -0.39 is 12.1 Å². The van der Waals surface area contributed by atoms with Gasteiger partial charge in [0.25, 0.3) is 5.91 Å². The van der Waals surface area contributed by atoms with Gasteiger partial charge < -0.3 is 24.8 Å². The van der Waals surface area contributed by atoms with Crippen molar-refractivity contribution in [2.24, 2.45) is 0 Å². The third kappa shape index (κ3) is 3.08. The van der Waals surface area contributed by atoms with Crippen molar-refractivity contribution in [3.63, 3.8) is 0 Å². The molecule has 2 atom stereocenters. The summed E-state index contributed by atoms with van der Waals surface area (Å²) in [6, 6.07) is 4.62. The van der Waals surface area contributed by atoms with E-state index in [4.69, 9.17) is 14.2 Å². The fourth-order valence-electron chi connectivity index (χ4n) is 2.23. The van der Waals surface area contributed by atoms with Gasteiger partial charge in [0.05, 0.1) is 20.3 Å². The molecule has 0 bridgehead atoms. The van der Waals surface area contributed by atoms with E-state index in [1.54, 1.807) is 18.2 Å². The van der Waals surface area contributed by atoms with Crippen LogP contribution in [-0.2, 0) is 14.3 Å². The number of nitrogens with one attached hydrogen (secondary N) is 2. The zero-order valence-corrected chi connectivity index (χ0v) is 12.1. The van der Waals surface area contributed by atoms with Gasteiger partial charge >= 0.3 is 0 Å². The van der Waals surface area contributed by atoms with Crippen LogP contribution in [0.5, 0.6) is 11.5 Å². The molecular weight excluding hydrogens is 276 g/mol. The van der Waals surface area contributed by atoms with Gasteiger partial charge in [-0.15, -0.1) is 0 Å². The average molecular weight is 294 g/mol. The topological polar surface area (TPSA) is 85.9 Å². The molecule has 2 rings (SSSR count). The Bertz CT molecular complexity index is 546. The standard InChI is InChI=1S/C14H18N2O5/c1-15-14(18)13-12(16-11(17)7-21-13)8-4-5-9(19-2)10(6-8)20-3/h4-6,12-13H,7H2,1-3H3,(H,15,18)(H,16,17)/t12-,13+/m1/s1. The van der Waals surface area contributed by atoms with Gasteiger partial charge in [-0.25, -0.2) is 0 Å². The summed E-state index contributed by atoms with van der Waals surface area (Å²) in [5.74, 6) is 0.524. The Hall–Kier alpha value is -2.28. The molecule has 1 heterocycles. The highest BCUT2D eigenvalue weighted by Crippen LogP contribution is 2.32. The van der Waals surface area contributed by atoms with Crippen LogP contribution in [0.1, 0.15) is 11.6 Å². The normalized spacial score (nSPS) is 21.4. The van der Waals surface area contributed by atoms with Gasteiger partial charge in [-0.05, 0) is 17.7 Å². The number of carbonyl (C=O) groups excluding carboxylic acids is 2. The Kier molecular flexibility index (Phi) is 4.64. The Morgan fingerprint density at radius 3 is 2.67 bits per heavy atom. The van der Waals surface area contributed by atoms with Crippen LogP contribution in [-0.4, -0.2) is 45.8 Å². The van der Waals surface area contributed by atoms with E-state index in [1.807, 2.05) is 0 Å². The molecule has 1 saturated heterocycles. The molecule has 114 valence electrons. The van der Waals surface area contributed by atoms with Crippen LogP contribution in [0.2, 0.25) is 0 Å². The van der Waals surface area contributed by atoms with E-state index in [9.17, 15) is 9.59 Å². The maximum atomic E-state index is 11.9. The first-order valence-electron chi connectivity index (χ1n) is 6.45. The number of methoxy groups -OCH3 is 2. The maximum Gasteiger partial charge on any atom is 0.251 e. The van der Waals surface area contributed by atoms with Gasteiger partial charge in [-0.1, -0.05) is 6.07 Å². The van der Waals surface area contributed by atoms with E-state index in [1.165, 1.54) is 21.3 Å². The Morgan fingerprint density at radius 2 is 2.05 bits per heavy atom. The highest BCUT2D eigenvalue weighted by molar-refractivity contribution is 5.86. The molecule has 0 unspecified atom stereocenters. The van der Waals surface area contributed by atoms with Crippen molar-refractivity contribution in [1.29, 1.82) is 0 Å². The lowest BCUT2D eigenvalue weighted by Crippen LogP contribution is -2.51. The minimum absolute atomic E-state index is 0.137. The van der Waals surface area contributed by atoms with Crippen molar-refractivity contribution in [2.75, 3.05) is 27.9 Å². The number of morpholine rings is 1. The number of amides is 2. The molecular formula is C14H18N2O5. The zero-order valence-electron chi connectivity index (χ0n) is 12.1. The molecule has 2 N–H and O–H groups in total. The summed E-state index contributed by atoms with van der Waals surface area (Å²) >= 11 is 0. The van der Waals surface area contributed by atoms with Gasteiger partial charge in [0, 0.05) is 7.05 Å². The van der Waals surface area contributed by atoms with Gasteiger partial charge in [0.15, 0.2) is 17.6 Å². The summed E-state index contributed by atoms with van der Waals surface area (Å²) in [4.78, 5) is 23.4. The minimum atomic E-state index is -0.786. The zero-order chi connectivity index (χ0) is 15.4. The fourth-order valence-corrected chi connectivity index (χ4v) is 2.23. The number of benzene rings is 1. The number of ether oxygens (including phenoxy) is 3. The largest absolute Gasteiger partial charge is 0.493 e. The summed E-state index contributed by atoms with van der Waals surface area (Å²) in [5.41, 5.74) is 0.703. The average Bonchev–Trinajstić information content (AvgIpc) is 2.53. The molecule has 1 aromatic rings. The molecule has 0 radical (unpaired) electrons. The Morgan fingerprint density at radius 1 is 1.33 bits per heavy atom. The smallest absolute Gasteiger partial charge is 0.251 e. The number of likely N-dealkylation sites (N-methyl/N-ethyl adjacent to an activating group) is 1. The van der Waals surface area contributed by atoms with E-state index in [0.717, 1.165) is 0 Å². The van der Waals surface area contributed by atoms with Crippen LogP contribution in [0.25, 0.3) is 0 Å². The highest BCUT2D eigenvalue weighted by Gasteiger charge is 2.35. The first-order valence-corrected chi connectivity index (χ1v) is 6.45. The number of hydrogen-bond donors (Lipinski definition) is 2. The monoisotopic (exact) mass is 294 g/mol. The second-order valence-electron chi connectivity index (χ2n) is 4.51. The van der Waals surface area contributed by atoms with Crippen LogP contribution in [0.4, 0.5) is 0 Å². The second kappa shape index (κ2) is 6.45. The summed E-state index contributed by atoms with van der Waals surface area (Å²) in [7, 11) is 4.58. The molecule has 0 saturated carbocycles. The van der Waals surface area contributed by atoms with Crippen molar-refractivity contribution in [2.45, 2.75) is 12.1 Å². The Balaban J connectivity index is 2.35. The van der Waals surface area contributed by atoms with Crippen LogP contribution < -0.4 is 20.1 Å². The number of carbonyl (C=O) groups is 2. The molecule has 0 spiro atoms. The summed E-state index contributed by atoms with van der Waals surface area (Å²) in [5, 5.41) is 5.29. The predicted molar refractivity (Wildman–Crippen MR) is 74.2 cm³/mol. The highest BCUT2D eigenvalue weighted by atomic mass is 16.5. The quantitative estimate of drug-likeness (QED) is 0.817. The van der Waals surface area contributed by atoms with Crippen molar-refractivity contribution in [3.05, 3.63) is 23.8 Å².